The van der Waals surface area contributed by atoms with Crippen molar-refractivity contribution in [3.63, 3.8) is 0 Å². The number of anilines is 2. The van der Waals surface area contributed by atoms with Gasteiger partial charge in [0.1, 0.15) is 11.5 Å². The maximum absolute atomic E-state index is 12.7. The second-order valence-electron chi connectivity index (χ2n) is 6.68. The van der Waals surface area contributed by atoms with Gasteiger partial charge in [-0.3, -0.25) is 9.59 Å². The zero-order valence-corrected chi connectivity index (χ0v) is 16.6. The van der Waals surface area contributed by atoms with Crippen LogP contribution in [-0.2, 0) is 9.59 Å². The Balaban J connectivity index is 1.70. The second-order valence-corrected chi connectivity index (χ2v) is 6.68. The molecule has 2 aromatic carbocycles. The largest absolute Gasteiger partial charge is 0.497 e. The third-order valence-electron chi connectivity index (χ3n) is 4.82. The Hall–Kier alpha value is -4.06. The third-order valence-corrected chi connectivity index (χ3v) is 4.82. The first kappa shape index (κ1) is 19.3. The molecule has 2 aliphatic rings. The Morgan fingerprint density at radius 3 is 1.27 bits per heavy atom. The molecule has 0 heterocycles. The zero-order valence-electron chi connectivity index (χ0n) is 16.6. The molecule has 0 bridgehead atoms. The molecule has 2 aromatic rings. The quantitative estimate of drug-likeness (QED) is 0.763. The summed E-state index contributed by atoms with van der Waals surface area (Å²) >= 11 is 0. The Kier molecular flexibility index (Phi) is 5.22. The predicted octanol–water partition coefficient (Wildman–Crippen LogP) is 4.01. The first-order valence-corrected chi connectivity index (χ1v) is 9.35. The lowest BCUT2D eigenvalue weighted by atomic mass is 9.86. The minimum absolute atomic E-state index is 0.223. The topological polar surface area (TPSA) is 76.7 Å². The van der Waals surface area contributed by atoms with Crippen LogP contribution in [0.15, 0.2) is 95.4 Å². The van der Waals surface area contributed by atoms with Gasteiger partial charge in [0, 0.05) is 11.4 Å². The van der Waals surface area contributed by atoms with E-state index in [1.165, 1.54) is 12.2 Å². The fourth-order valence-electron chi connectivity index (χ4n) is 3.30. The highest BCUT2D eigenvalue weighted by Gasteiger charge is 2.30. The van der Waals surface area contributed by atoms with E-state index in [-0.39, 0.29) is 11.6 Å². The highest BCUT2D eigenvalue weighted by molar-refractivity contribution is 6.23. The zero-order chi connectivity index (χ0) is 21.1. The monoisotopic (exact) mass is 400 g/mol. The summed E-state index contributed by atoms with van der Waals surface area (Å²) in [5.41, 5.74) is 3.39. The van der Waals surface area contributed by atoms with Gasteiger partial charge >= 0.3 is 0 Å². The highest BCUT2D eigenvalue weighted by atomic mass is 16.5. The molecule has 0 aromatic heterocycles. The number of nitrogens with one attached hydrogen (secondary N) is 2. The summed E-state index contributed by atoms with van der Waals surface area (Å²) in [7, 11) is 3.20. The summed E-state index contributed by atoms with van der Waals surface area (Å²) in [5.74, 6) is 1.02. The van der Waals surface area contributed by atoms with Crippen LogP contribution in [0.1, 0.15) is 0 Å². The molecular formula is C24H20N2O4. The number of carbonyl (C=O) groups is 2. The molecule has 0 amide bonds. The van der Waals surface area contributed by atoms with Crippen LogP contribution in [0.2, 0.25) is 0 Å². The molecule has 0 saturated carbocycles. The number of rotatable bonds is 6. The molecule has 4 rings (SSSR count). The number of ketones is 2. The third kappa shape index (κ3) is 3.75. The Labute approximate surface area is 174 Å². The van der Waals surface area contributed by atoms with Gasteiger partial charge in [0.05, 0.1) is 36.8 Å². The normalized spacial score (nSPS) is 15.3. The summed E-state index contributed by atoms with van der Waals surface area (Å²) in [4.78, 5) is 25.4. The number of carbonyl (C=O) groups excluding carboxylic acids is 2. The Morgan fingerprint density at radius 1 is 0.567 bits per heavy atom. The van der Waals surface area contributed by atoms with E-state index in [0.717, 1.165) is 22.9 Å². The molecule has 0 saturated heterocycles. The molecule has 0 atom stereocenters. The van der Waals surface area contributed by atoms with E-state index in [0.29, 0.717) is 22.5 Å². The minimum Gasteiger partial charge on any atom is -0.497 e. The molecule has 6 heteroatoms. The smallest absolute Gasteiger partial charge is 0.188 e. The average molecular weight is 400 g/mol. The molecule has 0 fully saturated rings. The van der Waals surface area contributed by atoms with Gasteiger partial charge in [-0.25, -0.2) is 0 Å². The second kappa shape index (κ2) is 8.13. The fraction of sp³-hybridized carbons (Fsp3) is 0.0833. The number of hydrogen-bond donors (Lipinski definition) is 2. The van der Waals surface area contributed by atoms with E-state index >= 15 is 0 Å². The summed E-state index contributed by atoms with van der Waals surface area (Å²) < 4.78 is 10.4. The molecule has 0 unspecified atom stereocenters. The first-order chi connectivity index (χ1) is 14.6. The van der Waals surface area contributed by atoms with Crippen molar-refractivity contribution < 1.29 is 19.1 Å². The van der Waals surface area contributed by atoms with Crippen LogP contribution in [-0.4, -0.2) is 25.8 Å². The van der Waals surface area contributed by atoms with Crippen LogP contribution in [0.4, 0.5) is 11.4 Å². The molecule has 0 spiro atoms. The van der Waals surface area contributed by atoms with Crippen LogP contribution in [0.3, 0.4) is 0 Å². The van der Waals surface area contributed by atoms with Crippen molar-refractivity contribution in [1.29, 1.82) is 0 Å². The highest BCUT2D eigenvalue weighted by Crippen LogP contribution is 2.32. The molecule has 0 aliphatic heterocycles. The van der Waals surface area contributed by atoms with Gasteiger partial charge in [0.25, 0.3) is 0 Å². The van der Waals surface area contributed by atoms with Crippen LogP contribution < -0.4 is 20.1 Å². The molecule has 2 N–H and O–H groups in total. The van der Waals surface area contributed by atoms with Crippen molar-refractivity contribution >= 4 is 22.9 Å². The van der Waals surface area contributed by atoms with Crippen LogP contribution in [0.25, 0.3) is 0 Å². The summed E-state index contributed by atoms with van der Waals surface area (Å²) in [6.45, 7) is 0. The van der Waals surface area contributed by atoms with Gasteiger partial charge in [0.2, 0.25) is 0 Å². The summed E-state index contributed by atoms with van der Waals surface area (Å²) in [6, 6.07) is 14.7. The lowest BCUT2D eigenvalue weighted by molar-refractivity contribution is -0.114. The first-order valence-electron chi connectivity index (χ1n) is 9.35. The predicted molar refractivity (Wildman–Crippen MR) is 116 cm³/mol. The van der Waals surface area contributed by atoms with E-state index in [1.54, 1.807) is 26.4 Å². The van der Waals surface area contributed by atoms with Crippen LogP contribution in [0, 0.1) is 0 Å². The molecule has 2 aliphatic carbocycles. The van der Waals surface area contributed by atoms with Crippen LogP contribution in [0.5, 0.6) is 11.5 Å². The van der Waals surface area contributed by atoms with Crippen molar-refractivity contribution in [2.24, 2.45) is 0 Å². The summed E-state index contributed by atoms with van der Waals surface area (Å²) in [6.07, 6.45) is 6.20. The lowest BCUT2D eigenvalue weighted by Gasteiger charge is -2.23. The van der Waals surface area contributed by atoms with E-state index < -0.39 is 0 Å². The number of fused-ring (bicyclic) bond motifs is 1. The number of allylic oxidation sites excluding steroid dienone is 6. The minimum atomic E-state index is -0.223. The van der Waals surface area contributed by atoms with Gasteiger partial charge in [-0.15, -0.1) is 0 Å². The molecule has 30 heavy (non-hydrogen) atoms. The van der Waals surface area contributed by atoms with Crippen molar-refractivity contribution in [3.8, 4) is 11.5 Å². The van der Waals surface area contributed by atoms with E-state index in [4.69, 9.17) is 9.47 Å². The van der Waals surface area contributed by atoms with Gasteiger partial charge < -0.3 is 20.1 Å². The Morgan fingerprint density at radius 2 is 0.933 bits per heavy atom. The van der Waals surface area contributed by atoms with Crippen molar-refractivity contribution in [1.82, 2.24) is 0 Å². The number of benzene rings is 2. The van der Waals surface area contributed by atoms with Gasteiger partial charge in [-0.2, -0.15) is 0 Å². The molecule has 150 valence electrons. The van der Waals surface area contributed by atoms with Gasteiger partial charge in [-0.1, -0.05) is 0 Å². The van der Waals surface area contributed by atoms with E-state index in [1.807, 2.05) is 48.5 Å². The standard InChI is InChI=1S/C24H20N2O4/c1-29-17-7-3-15(4-8-17)25-19-11-13-22(28)24-20(12-14-21(27)23(19)24)26-16-5-9-18(30-2)10-6-16/h3-14,25-26H,1-2H3. The Bertz CT molecular complexity index is 1030. The molecule has 0 radical (unpaired) electrons. The SMILES string of the molecule is COc1ccc(NC2=C3C(=O)C=CC(Nc4ccc(OC)cc4)=C3C(=O)C=C2)cc1. The van der Waals surface area contributed by atoms with E-state index in [9.17, 15) is 9.59 Å². The van der Waals surface area contributed by atoms with E-state index in [2.05, 4.69) is 10.6 Å². The molecular weight excluding hydrogens is 380 g/mol. The van der Waals surface area contributed by atoms with Gasteiger partial charge in [0.15, 0.2) is 11.6 Å². The fourth-order valence-corrected chi connectivity index (χ4v) is 3.30. The van der Waals surface area contributed by atoms with Crippen molar-refractivity contribution in [3.05, 3.63) is 95.4 Å². The van der Waals surface area contributed by atoms with Crippen molar-refractivity contribution in [2.45, 2.75) is 0 Å². The lowest BCUT2D eigenvalue weighted by Crippen LogP contribution is -2.24. The maximum Gasteiger partial charge on any atom is 0.188 e. The molecule has 6 nitrogen and oxygen atoms in total. The number of ether oxygens (including phenoxy) is 2. The number of hydrogen-bond acceptors (Lipinski definition) is 6. The van der Waals surface area contributed by atoms with Crippen molar-refractivity contribution in [2.75, 3.05) is 24.9 Å². The maximum atomic E-state index is 12.7. The summed E-state index contributed by atoms with van der Waals surface area (Å²) in [5, 5.41) is 6.47. The average Bonchev–Trinajstić information content (AvgIpc) is 2.78. The van der Waals surface area contributed by atoms with Crippen LogP contribution >= 0.6 is 0 Å². The van der Waals surface area contributed by atoms with Gasteiger partial charge in [-0.05, 0) is 72.8 Å². The number of methoxy groups -OCH3 is 2.